The van der Waals surface area contributed by atoms with E-state index < -0.39 is 0 Å². The molecule has 0 amide bonds. The molecular formula is C16H15ClO2. The van der Waals surface area contributed by atoms with Crippen molar-refractivity contribution < 1.29 is 9.47 Å². The van der Waals surface area contributed by atoms with Gasteiger partial charge in [0.05, 0.1) is 5.56 Å². The van der Waals surface area contributed by atoms with Gasteiger partial charge in [0.15, 0.2) is 6.79 Å². The van der Waals surface area contributed by atoms with Crippen molar-refractivity contribution in [2.75, 3.05) is 19.8 Å². The molecule has 0 unspecified atom stereocenters. The average Bonchev–Trinajstić information content (AvgIpc) is 2.46. The van der Waals surface area contributed by atoms with E-state index in [4.69, 9.17) is 21.1 Å². The van der Waals surface area contributed by atoms with Crippen molar-refractivity contribution >= 4 is 22.4 Å². The summed E-state index contributed by atoms with van der Waals surface area (Å²) in [6, 6.07) is 12.0. The Kier molecular flexibility index (Phi) is 5.09. The molecule has 0 aliphatic rings. The minimum atomic E-state index is 0.211. The van der Waals surface area contributed by atoms with Crippen molar-refractivity contribution in [1.29, 1.82) is 0 Å². The highest BCUT2D eigenvalue weighted by molar-refractivity contribution is 6.18. The predicted octanol–water partition coefficient (Wildman–Crippen LogP) is 3.80. The first-order chi connectivity index (χ1) is 9.36. The molecule has 0 aliphatic carbocycles. The van der Waals surface area contributed by atoms with Crippen LogP contribution < -0.4 is 4.74 Å². The number of halogens is 1. The predicted molar refractivity (Wildman–Crippen MR) is 78.7 cm³/mol. The van der Waals surface area contributed by atoms with Crippen LogP contribution in [0.4, 0.5) is 0 Å². The van der Waals surface area contributed by atoms with Gasteiger partial charge in [-0.1, -0.05) is 42.2 Å². The van der Waals surface area contributed by atoms with Crippen molar-refractivity contribution in [1.82, 2.24) is 0 Å². The molecule has 0 heterocycles. The summed E-state index contributed by atoms with van der Waals surface area (Å²) >= 11 is 5.66. The maximum atomic E-state index is 5.66. The maximum absolute atomic E-state index is 5.66. The minimum absolute atomic E-state index is 0.211. The van der Waals surface area contributed by atoms with Gasteiger partial charge in [-0.15, -0.1) is 11.6 Å². The van der Waals surface area contributed by atoms with Gasteiger partial charge in [-0.05, 0) is 11.5 Å². The van der Waals surface area contributed by atoms with Crippen molar-refractivity contribution in [3.8, 4) is 17.6 Å². The number of alkyl halides is 1. The van der Waals surface area contributed by atoms with Gasteiger partial charge in [0.25, 0.3) is 0 Å². The van der Waals surface area contributed by atoms with Crippen LogP contribution in [0.25, 0.3) is 10.8 Å². The van der Waals surface area contributed by atoms with Gasteiger partial charge in [0.1, 0.15) is 5.75 Å². The number of hydrogen-bond donors (Lipinski definition) is 0. The molecule has 2 aromatic rings. The summed E-state index contributed by atoms with van der Waals surface area (Å²) in [6.45, 7) is 0.211. The quantitative estimate of drug-likeness (QED) is 0.480. The summed E-state index contributed by atoms with van der Waals surface area (Å²) in [4.78, 5) is 0. The first-order valence-electron chi connectivity index (χ1n) is 6.05. The molecule has 3 heteroatoms. The van der Waals surface area contributed by atoms with E-state index in [1.807, 2.05) is 30.3 Å². The highest BCUT2D eigenvalue weighted by Crippen LogP contribution is 2.27. The number of rotatable bonds is 4. The molecule has 2 nitrogen and oxygen atoms in total. The zero-order valence-electron chi connectivity index (χ0n) is 10.8. The van der Waals surface area contributed by atoms with Crippen LogP contribution in [-0.4, -0.2) is 19.8 Å². The second-order valence-electron chi connectivity index (χ2n) is 3.95. The SMILES string of the molecule is COCOc1ccc2ccccc2c1C#CCCCl. The van der Waals surface area contributed by atoms with Gasteiger partial charge < -0.3 is 9.47 Å². The van der Waals surface area contributed by atoms with Crippen LogP contribution in [0.2, 0.25) is 0 Å². The Labute approximate surface area is 118 Å². The molecule has 0 bridgehead atoms. The molecule has 0 aromatic heterocycles. The van der Waals surface area contributed by atoms with E-state index in [1.165, 1.54) is 0 Å². The topological polar surface area (TPSA) is 18.5 Å². The Hall–Kier alpha value is -1.69. The molecule has 0 saturated carbocycles. The second kappa shape index (κ2) is 7.04. The van der Waals surface area contributed by atoms with Crippen molar-refractivity contribution in [3.63, 3.8) is 0 Å². The number of methoxy groups -OCH3 is 1. The van der Waals surface area contributed by atoms with E-state index in [9.17, 15) is 0 Å². The van der Waals surface area contributed by atoms with Crippen LogP contribution in [0.15, 0.2) is 36.4 Å². The van der Waals surface area contributed by atoms with E-state index in [-0.39, 0.29) is 6.79 Å². The summed E-state index contributed by atoms with van der Waals surface area (Å²) in [5, 5.41) is 2.22. The second-order valence-corrected chi connectivity index (χ2v) is 4.33. The van der Waals surface area contributed by atoms with Crippen LogP contribution in [0.1, 0.15) is 12.0 Å². The van der Waals surface area contributed by atoms with E-state index in [2.05, 4.69) is 17.9 Å². The van der Waals surface area contributed by atoms with Gasteiger partial charge in [-0.3, -0.25) is 0 Å². The molecule has 0 aliphatic heterocycles. The minimum Gasteiger partial charge on any atom is -0.466 e. The van der Waals surface area contributed by atoms with Gasteiger partial charge in [0, 0.05) is 24.8 Å². The van der Waals surface area contributed by atoms with Crippen LogP contribution in [0.5, 0.6) is 5.75 Å². The summed E-state index contributed by atoms with van der Waals surface area (Å²) in [5.41, 5.74) is 0.889. The number of hydrogen-bond acceptors (Lipinski definition) is 2. The number of ether oxygens (including phenoxy) is 2. The third-order valence-electron chi connectivity index (χ3n) is 2.66. The largest absolute Gasteiger partial charge is 0.466 e. The molecule has 0 atom stereocenters. The molecule has 19 heavy (non-hydrogen) atoms. The molecule has 0 spiro atoms. The Morgan fingerprint density at radius 2 is 2.00 bits per heavy atom. The third-order valence-corrected chi connectivity index (χ3v) is 2.84. The van der Waals surface area contributed by atoms with E-state index in [0.717, 1.165) is 22.1 Å². The lowest BCUT2D eigenvalue weighted by Gasteiger charge is -2.09. The van der Waals surface area contributed by atoms with E-state index >= 15 is 0 Å². The average molecular weight is 275 g/mol. The highest BCUT2D eigenvalue weighted by Gasteiger charge is 2.06. The summed E-state index contributed by atoms with van der Waals surface area (Å²) in [6.07, 6.45) is 0.661. The van der Waals surface area contributed by atoms with Crippen molar-refractivity contribution in [2.24, 2.45) is 0 Å². The summed E-state index contributed by atoms with van der Waals surface area (Å²) in [5.74, 6) is 7.48. The first kappa shape index (κ1) is 13.7. The van der Waals surface area contributed by atoms with Crippen molar-refractivity contribution in [3.05, 3.63) is 42.0 Å². The summed E-state index contributed by atoms with van der Waals surface area (Å²) in [7, 11) is 1.60. The lowest BCUT2D eigenvalue weighted by atomic mass is 10.0. The lowest BCUT2D eigenvalue weighted by molar-refractivity contribution is 0.0510. The first-order valence-corrected chi connectivity index (χ1v) is 6.58. The molecule has 2 rings (SSSR count). The smallest absolute Gasteiger partial charge is 0.188 e. The normalized spacial score (nSPS) is 10.0. The fourth-order valence-corrected chi connectivity index (χ4v) is 1.92. The Morgan fingerprint density at radius 1 is 1.16 bits per heavy atom. The fraction of sp³-hybridized carbons (Fsp3) is 0.250. The van der Waals surface area contributed by atoms with Gasteiger partial charge in [-0.2, -0.15) is 0 Å². The molecule has 0 radical (unpaired) electrons. The molecule has 0 fully saturated rings. The molecule has 0 N–H and O–H groups in total. The fourth-order valence-electron chi connectivity index (χ4n) is 1.82. The monoisotopic (exact) mass is 274 g/mol. The standard InChI is InChI=1S/C16H15ClO2/c1-18-12-19-16-10-9-13-6-2-3-7-14(13)15(16)8-4-5-11-17/h2-3,6-7,9-10H,5,11-12H2,1H3. The highest BCUT2D eigenvalue weighted by atomic mass is 35.5. The zero-order valence-corrected chi connectivity index (χ0v) is 11.5. The molecule has 2 aromatic carbocycles. The summed E-state index contributed by atoms with van der Waals surface area (Å²) < 4.78 is 10.5. The van der Waals surface area contributed by atoms with Crippen LogP contribution in [0.3, 0.4) is 0 Å². The zero-order chi connectivity index (χ0) is 13.5. The number of benzene rings is 2. The Morgan fingerprint density at radius 3 is 2.79 bits per heavy atom. The Bertz CT molecular complexity index is 611. The van der Waals surface area contributed by atoms with E-state index in [0.29, 0.717) is 12.3 Å². The Balaban J connectivity index is 2.49. The van der Waals surface area contributed by atoms with Crippen LogP contribution >= 0.6 is 11.6 Å². The van der Waals surface area contributed by atoms with Gasteiger partial charge in [-0.25, -0.2) is 0 Å². The third kappa shape index (κ3) is 3.41. The van der Waals surface area contributed by atoms with Crippen LogP contribution in [-0.2, 0) is 4.74 Å². The maximum Gasteiger partial charge on any atom is 0.188 e. The van der Waals surface area contributed by atoms with Crippen LogP contribution in [0, 0.1) is 11.8 Å². The number of fused-ring (bicyclic) bond motifs is 1. The lowest BCUT2D eigenvalue weighted by Crippen LogP contribution is -2.00. The molecular weight excluding hydrogens is 260 g/mol. The van der Waals surface area contributed by atoms with Crippen molar-refractivity contribution in [2.45, 2.75) is 6.42 Å². The molecule has 0 saturated heterocycles. The van der Waals surface area contributed by atoms with E-state index in [1.54, 1.807) is 7.11 Å². The molecule has 98 valence electrons. The van der Waals surface area contributed by atoms with Gasteiger partial charge in [0.2, 0.25) is 0 Å². The van der Waals surface area contributed by atoms with Gasteiger partial charge >= 0.3 is 0 Å².